The summed E-state index contributed by atoms with van der Waals surface area (Å²) in [6.45, 7) is 0.760. The Morgan fingerprint density at radius 1 is 0.964 bits per heavy atom. The molecule has 3 aromatic carbocycles. The zero-order valence-electron chi connectivity index (χ0n) is 15.7. The number of para-hydroxylation sites is 1. The van der Waals surface area contributed by atoms with Crippen LogP contribution in [0.3, 0.4) is 0 Å². The van der Waals surface area contributed by atoms with Crippen LogP contribution in [-0.2, 0) is 6.42 Å². The van der Waals surface area contributed by atoms with Gasteiger partial charge in [-0.25, -0.2) is 9.97 Å². The van der Waals surface area contributed by atoms with Gasteiger partial charge in [0, 0.05) is 23.2 Å². The molecule has 0 atom stereocenters. The molecule has 140 valence electrons. The zero-order valence-corrected chi connectivity index (χ0v) is 15.7. The summed E-state index contributed by atoms with van der Waals surface area (Å²) in [6, 6.07) is 22.3. The third kappa shape index (κ3) is 3.74. The maximum atomic E-state index is 5.91. The van der Waals surface area contributed by atoms with E-state index in [9.17, 15) is 0 Å². The van der Waals surface area contributed by atoms with Gasteiger partial charge in [-0.15, -0.1) is 0 Å². The maximum Gasteiger partial charge on any atom is 0.137 e. The molecule has 1 heterocycles. The Labute approximate surface area is 164 Å². The predicted molar refractivity (Wildman–Crippen MR) is 115 cm³/mol. The standard InChI is InChI=1S/C23H22N4O/c1-28-22-8-3-2-7-19(22)17-6-4-5-16(13-17)11-12-25-23-20-14-18(24)9-10-21(20)26-15-27-23/h2-10,13-15H,11-12,24H2,1H3,(H,25,26,27). The van der Waals surface area contributed by atoms with E-state index in [-0.39, 0.29) is 0 Å². The molecule has 0 bridgehead atoms. The second-order valence-corrected chi connectivity index (χ2v) is 6.58. The van der Waals surface area contributed by atoms with Crippen LogP contribution in [0.2, 0.25) is 0 Å². The molecule has 0 aliphatic rings. The Morgan fingerprint density at radius 3 is 2.75 bits per heavy atom. The molecule has 1 aromatic heterocycles. The fraction of sp³-hybridized carbons (Fsp3) is 0.130. The molecule has 5 nitrogen and oxygen atoms in total. The molecular weight excluding hydrogens is 348 g/mol. The van der Waals surface area contributed by atoms with Crippen molar-refractivity contribution in [3.63, 3.8) is 0 Å². The third-order valence-electron chi connectivity index (χ3n) is 4.71. The number of rotatable bonds is 6. The van der Waals surface area contributed by atoms with Crippen molar-refractivity contribution in [1.29, 1.82) is 0 Å². The van der Waals surface area contributed by atoms with Crippen LogP contribution in [0.15, 0.2) is 73.1 Å². The molecule has 0 saturated heterocycles. The summed E-state index contributed by atoms with van der Waals surface area (Å²) in [6.07, 6.45) is 2.44. The van der Waals surface area contributed by atoms with Gasteiger partial charge < -0.3 is 15.8 Å². The summed E-state index contributed by atoms with van der Waals surface area (Å²) in [5.41, 5.74) is 11.0. The Morgan fingerprint density at radius 2 is 1.86 bits per heavy atom. The second kappa shape index (κ2) is 7.96. The summed E-state index contributed by atoms with van der Waals surface area (Å²) >= 11 is 0. The lowest BCUT2D eigenvalue weighted by Crippen LogP contribution is -2.07. The number of hydrogen-bond donors (Lipinski definition) is 2. The number of hydrogen-bond acceptors (Lipinski definition) is 5. The van der Waals surface area contributed by atoms with Crippen LogP contribution in [0.5, 0.6) is 5.75 Å². The molecule has 0 amide bonds. The van der Waals surface area contributed by atoms with Crippen molar-refractivity contribution in [2.24, 2.45) is 0 Å². The molecule has 28 heavy (non-hydrogen) atoms. The fourth-order valence-corrected chi connectivity index (χ4v) is 3.32. The van der Waals surface area contributed by atoms with E-state index in [0.29, 0.717) is 5.69 Å². The van der Waals surface area contributed by atoms with Crippen molar-refractivity contribution in [2.45, 2.75) is 6.42 Å². The molecule has 0 saturated carbocycles. The van der Waals surface area contributed by atoms with E-state index < -0.39 is 0 Å². The number of nitrogens with zero attached hydrogens (tertiary/aromatic N) is 2. The van der Waals surface area contributed by atoms with Gasteiger partial charge >= 0.3 is 0 Å². The molecule has 4 rings (SSSR count). The van der Waals surface area contributed by atoms with Crippen LogP contribution in [0.25, 0.3) is 22.0 Å². The number of nitrogen functional groups attached to an aromatic ring is 1. The summed E-state index contributed by atoms with van der Waals surface area (Å²) in [5.74, 6) is 1.68. The highest BCUT2D eigenvalue weighted by molar-refractivity contribution is 5.91. The van der Waals surface area contributed by atoms with Gasteiger partial charge in [-0.1, -0.05) is 42.5 Å². The number of ether oxygens (including phenoxy) is 1. The molecule has 0 aliphatic heterocycles. The normalized spacial score (nSPS) is 10.8. The molecular formula is C23H22N4O. The molecule has 3 N–H and O–H groups in total. The fourth-order valence-electron chi connectivity index (χ4n) is 3.32. The van der Waals surface area contributed by atoms with E-state index >= 15 is 0 Å². The lowest BCUT2D eigenvalue weighted by molar-refractivity contribution is 0.416. The van der Waals surface area contributed by atoms with Crippen molar-refractivity contribution in [2.75, 3.05) is 24.7 Å². The van der Waals surface area contributed by atoms with E-state index in [1.807, 2.05) is 36.4 Å². The van der Waals surface area contributed by atoms with Crippen LogP contribution < -0.4 is 15.8 Å². The summed E-state index contributed by atoms with van der Waals surface area (Å²) < 4.78 is 5.49. The number of anilines is 2. The first-order valence-electron chi connectivity index (χ1n) is 9.21. The predicted octanol–water partition coefficient (Wildman–Crippen LogP) is 4.54. The largest absolute Gasteiger partial charge is 0.496 e. The average molecular weight is 370 g/mol. The van der Waals surface area contributed by atoms with Crippen LogP contribution in [0.4, 0.5) is 11.5 Å². The summed E-state index contributed by atoms with van der Waals surface area (Å²) in [7, 11) is 1.70. The van der Waals surface area contributed by atoms with Crippen molar-refractivity contribution >= 4 is 22.4 Å². The molecule has 0 unspecified atom stereocenters. The van der Waals surface area contributed by atoms with Crippen molar-refractivity contribution in [3.05, 3.63) is 78.6 Å². The van der Waals surface area contributed by atoms with Gasteiger partial charge in [-0.05, 0) is 41.8 Å². The first kappa shape index (κ1) is 17.8. The van der Waals surface area contributed by atoms with Crippen LogP contribution in [-0.4, -0.2) is 23.6 Å². The highest BCUT2D eigenvalue weighted by atomic mass is 16.5. The number of nitrogens with two attached hydrogens (primary N) is 1. The lowest BCUT2D eigenvalue weighted by Gasteiger charge is -2.11. The maximum absolute atomic E-state index is 5.91. The molecule has 0 radical (unpaired) electrons. The van der Waals surface area contributed by atoms with Gasteiger partial charge in [0.1, 0.15) is 17.9 Å². The summed E-state index contributed by atoms with van der Waals surface area (Å²) in [4.78, 5) is 8.66. The monoisotopic (exact) mass is 370 g/mol. The number of nitrogens with one attached hydrogen (secondary N) is 1. The van der Waals surface area contributed by atoms with E-state index in [4.69, 9.17) is 10.5 Å². The number of fused-ring (bicyclic) bond motifs is 1. The zero-order chi connectivity index (χ0) is 19.3. The number of methoxy groups -OCH3 is 1. The quantitative estimate of drug-likeness (QED) is 0.487. The smallest absolute Gasteiger partial charge is 0.137 e. The molecule has 0 aliphatic carbocycles. The Kier molecular flexibility index (Phi) is 5.06. The minimum atomic E-state index is 0.704. The third-order valence-corrected chi connectivity index (χ3v) is 4.71. The number of benzene rings is 3. The van der Waals surface area contributed by atoms with Crippen LogP contribution >= 0.6 is 0 Å². The van der Waals surface area contributed by atoms with Crippen molar-refractivity contribution in [3.8, 4) is 16.9 Å². The van der Waals surface area contributed by atoms with E-state index in [0.717, 1.165) is 46.6 Å². The van der Waals surface area contributed by atoms with Crippen LogP contribution in [0, 0.1) is 0 Å². The van der Waals surface area contributed by atoms with Crippen LogP contribution in [0.1, 0.15) is 5.56 Å². The second-order valence-electron chi connectivity index (χ2n) is 6.58. The Balaban J connectivity index is 1.50. The minimum Gasteiger partial charge on any atom is -0.496 e. The topological polar surface area (TPSA) is 73.1 Å². The minimum absolute atomic E-state index is 0.704. The van der Waals surface area contributed by atoms with Crippen molar-refractivity contribution in [1.82, 2.24) is 9.97 Å². The average Bonchev–Trinajstić information content (AvgIpc) is 2.74. The number of aromatic nitrogens is 2. The molecule has 0 spiro atoms. The first-order chi connectivity index (χ1) is 13.7. The molecule has 0 fully saturated rings. The highest BCUT2D eigenvalue weighted by Gasteiger charge is 2.07. The first-order valence-corrected chi connectivity index (χ1v) is 9.21. The lowest BCUT2D eigenvalue weighted by atomic mass is 10.0. The SMILES string of the molecule is COc1ccccc1-c1cccc(CCNc2ncnc3ccc(N)cc23)c1. The van der Waals surface area contributed by atoms with E-state index in [2.05, 4.69) is 45.6 Å². The van der Waals surface area contributed by atoms with Gasteiger partial charge in [0.2, 0.25) is 0 Å². The van der Waals surface area contributed by atoms with E-state index in [1.165, 1.54) is 5.56 Å². The molecule has 4 aromatic rings. The Hall–Kier alpha value is -3.60. The van der Waals surface area contributed by atoms with Gasteiger partial charge in [0.05, 0.1) is 12.6 Å². The van der Waals surface area contributed by atoms with Crippen molar-refractivity contribution < 1.29 is 4.74 Å². The van der Waals surface area contributed by atoms with Gasteiger partial charge in [-0.3, -0.25) is 0 Å². The van der Waals surface area contributed by atoms with Gasteiger partial charge in [-0.2, -0.15) is 0 Å². The van der Waals surface area contributed by atoms with Gasteiger partial charge in [0.15, 0.2) is 0 Å². The Bertz CT molecular complexity index is 1110. The highest BCUT2D eigenvalue weighted by Crippen LogP contribution is 2.30. The summed E-state index contributed by atoms with van der Waals surface area (Å²) in [5, 5.41) is 4.35. The van der Waals surface area contributed by atoms with Gasteiger partial charge in [0.25, 0.3) is 0 Å². The molecule has 5 heteroatoms. The van der Waals surface area contributed by atoms with E-state index in [1.54, 1.807) is 13.4 Å².